The maximum absolute atomic E-state index is 10.6. The Labute approximate surface area is 590 Å². The van der Waals surface area contributed by atoms with Crippen molar-refractivity contribution < 1.29 is 0 Å². The molecule has 0 aliphatic carbocycles. The highest BCUT2D eigenvalue weighted by Gasteiger charge is 2.27. The predicted molar refractivity (Wildman–Crippen MR) is 420 cm³/mol. The molecule has 10 nitrogen and oxygen atoms in total. The molecule has 4 aromatic heterocycles. The van der Waals surface area contributed by atoms with E-state index >= 15 is 0 Å². The lowest BCUT2D eigenvalue weighted by atomic mass is 9.91. The van der Waals surface area contributed by atoms with Crippen molar-refractivity contribution in [2.75, 3.05) is 19.6 Å². The normalized spacial score (nSPS) is 11.2. The summed E-state index contributed by atoms with van der Waals surface area (Å²) in [5.41, 5.74) is 15.0. The SMILES string of the molecule is Cc1ccc(N(c2ccccc2)c2ccc3ccc4c(N(c5ccccc5)c5ccc(C)cn5)ccc5ccc2c3c54)nc1.N#Cc1cc(-c2ccccc2)ccc1N(c1ccccn1)c1ccc2ccc3c(N(c4ccccn4)c4ccc(-c5ccccc5)cc4C#N)ccc4ccc1c2c43. The number of hydrogen-bond acceptors (Lipinski definition) is 10. The van der Waals surface area contributed by atoms with E-state index in [0.717, 1.165) is 123 Å². The topological polar surface area (TPSA) is 112 Å². The number of hydrogen-bond donors (Lipinski definition) is 0. The highest BCUT2D eigenvalue weighted by atomic mass is 15.2. The average molecular weight is 1310 g/mol. The zero-order valence-electron chi connectivity index (χ0n) is 55.8. The van der Waals surface area contributed by atoms with E-state index in [1.165, 1.54) is 32.3 Å². The smallest absolute Gasteiger partial charge is 0.137 e. The number of anilines is 12. The summed E-state index contributed by atoms with van der Waals surface area (Å²) < 4.78 is 0. The fraction of sp³-hybridized carbons (Fsp3) is 0.0217. The first-order valence-electron chi connectivity index (χ1n) is 33.9. The molecular formula is C92H62N10. The fourth-order valence-corrected chi connectivity index (χ4v) is 14.4. The predicted octanol–water partition coefficient (Wildman–Crippen LogP) is 24.3. The van der Waals surface area contributed by atoms with Crippen LogP contribution in [0.25, 0.3) is 86.9 Å². The van der Waals surface area contributed by atoms with Gasteiger partial charge in [-0.2, -0.15) is 10.5 Å². The molecule has 0 N–H and O–H groups in total. The molecule has 0 aliphatic rings. The Hall–Kier alpha value is -14.1. The second-order valence-corrected chi connectivity index (χ2v) is 25.4. The van der Waals surface area contributed by atoms with E-state index in [-0.39, 0.29) is 0 Å². The number of aromatic nitrogens is 4. The molecule has 10 heteroatoms. The Bertz CT molecular complexity index is 5790. The van der Waals surface area contributed by atoms with E-state index in [0.29, 0.717) is 22.8 Å². The molecule has 0 saturated heterocycles. The summed E-state index contributed by atoms with van der Waals surface area (Å²) >= 11 is 0. The van der Waals surface area contributed by atoms with Crippen molar-refractivity contribution in [2.45, 2.75) is 13.8 Å². The first kappa shape index (κ1) is 61.5. The number of nitrogens with zero attached hydrogens (tertiary/aromatic N) is 10. The van der Waals surface area contributed by atoms with Crippen LogP contribution in [-0.2, 0) is 0 Å². The molecule has 0 atom stereocenters. The summed E-state index contributed by atoms with van der Waals surface area (Å²) in [6.07, 6.45) is 7.43. The summed E-state index contributed by atoms with van der Waals surface area (Å²) in [6.45, 7) is 4.14. The van der Waals surface area contributed by atoms with Crippen LogP contribution < -0.4 is 19.6 Å². The molecule has 0 saturated carbocycles. The van der Waals surface area contributed by atoms with Gasteiger partial charge in [-0.1, -0.05) is 206 Å². The molecule has 4 heterocycles. The quantitative estimate of drug-likeness (QED) is 0.0976. The molecule has 14 aromatic carbocycles. The molecule has 0 spiro atoms. The molecular weight excluding hydrogens is 1250 g/mol. The molecule has 0 fully saturated rings. The second-order valence-electron chi connectivity index (χ2n) is 25.4. The van der Waals surface area contributed by atoms with Crippen LogP contribution in [0.1, 0.15) is 22.3 Å². The highest BCUT2D eigenvalue weighted by Crippen LogP contribution is 2.51. The first-order valence-corrected chi connectivity index (χ1v) is 33.9. The Morgan fingerprint density at radius 1 is 0.255 bits per heavy atom. The Balaban J connectivity index is 0.000000157. The van der Waals surface area contributed by atoms with E-state index in [4.69, 9.17) is 19.9 Å². The van der Waals surface area contributed by atoms with Crippen LogP contribution in [0, 0.1) is 36.5 Å². The van der Waals surface area contributed by atoms with Gasteiger partial charge in [0.05, 0.1) is 45.3 Å². The number of pyridine rings is 4. The minimum atomic E-state index is 0.539. The number of nitriles is 2. The summed E-state index contributed by atoms with van der Waals surface area (Å²) in [5, 5.41) is 34.9. The third kappa shape index (κ3) is 11.1. The number of para-hydroxylation sites is 2. The van der Waals surface area contributed by atoms with Crippen molar-refractivity contribution in [1.29, 1.82) is 10.5 Å². The Morgan fingerprint density at radius 3 is 0.873 bits per heavy atom. The van der Waals surface area contributed by atoms with Gasteiger partial charge in [0.2, 0.25) is 0 Å². The van der Waals surface area contributed by atoms with Crippen molar-refractivity contribution >= 4 is 133 Å². The third-order valence-corrected chi connectivity index (χ3v) is 19.2. The van der Waals surface area contributed by atoms with Gasteiger partial charge in [0.1, 0.15) is 35.4 Å². The Morgan fingerprint density at radius 2 is 0.559 bits per heavy atom. The van der Waals surface area contributed by atoms with Crippen LogP contribution in [0.2, 0.25) is 0 Å². The van der Waals surface area contributed by atoms with Crippen molar-refractivity contribution in [3.8, 4) is 34.4 Å². The minimum absolute atomic E-state index is 0.539. The summed E-state index contributed by atoms with van der Waals surface area (Å²) in [7, 11) is 0. The van der Waals surface area contributed by atoms with Gasteiger partial charge >= 0.3 is 0 Å². The molecule has 0 radical (unpaired) electrons. The van der Waals surface area contributed by atoms with Crippen LogP contribution in [0.4, 0.5) is 68.8 Å². The second kappa shape index (κ2) is 26.4. The summed E-state index contributed by atoms with van der Waals surface area (Å²) in [6, 6.07) is 114. The Kier molecular flexibility index (Phi) is 15.9. The molecule has 0 unspecified atom stereocenters. The van der Waals surface area contributed by atoms with Gasteiger partial charge in [-0.25, -0.2) is 19.9 Å². The molecule has 0 aliphatic heterocycles. The molecule has 18 rings (SSSR count). The van der Waals surface area contributed by atoms with Gasteiger partial charge in [-0.05, 0) is 200 Å². The van der Waals surface area contributed by atoms with Crippen LogP contribution in [0.5, 0.6) is 0 Å². The summed E-state index contributed by atoms with van der Waals surface area (Å²) in [4.78, 5) is 28.1. The van der Waals surface area contributed by atoms with Gasteiger partial charge in [0.25, 0.3) is 0 Å². The number of rotatable bonds is 14. The molecule has 102 heavy (non-hydrogen) atoms. The summed E-state index contributed by atoms with van der Waals surface area (Å²) in [5.74, 6) is 3.18. The molecule has 480 valence electrons. The molecule has 0 bridgehead atoms. The van der Waals surface area contributed by atoms with E-state index in [1.807, 2.05) is 109 Å². The zero-order chi connectivity index (χ0) is 68.6. The lowest BCUT2D eigenvalue weighted by Gasteiger charge is -2.29. The van der Waals surface area contributed by atoms with Gasteiger partial charge in [0, 0.05) is 57.7 Å². The van der Waals surface area contributed by atoms with Crippen molar-refractivity contribution in [3.63, 3.8) is 0 Å². The largest absolute Gasteiger partial charge is 0.294 e. The average Bonchev–Trinajstić information content (AvgIpc) is 0.726. The maximum Gasteiger partial charge on any atom is 0.137 e. The van der Waals surface area contributed by atoms with E-state index in [2.05, 4.69) is 264 Å². The third-order valence-electron chi connectivity index (χ3n) is 19.2. The van der Waals surface area contributed by atoms with E-state index in [1.54, 1.807) is 12.4 Å². The maximum atomic E-state index is 10.6. The minimum Gasteiger partial charge on any atom is -0.294 e. The van der Waals surface area contributed by atoms with Crippen molar-refractivity contribution in [3.05, 3.63) is 362 Å². The van der Waals surface area contributed by atoms with Crippen LogP contribution in [0.3, 0.4) is 0 Å². The van der Waals surface area contributed by atoms with Gasteiger partial charge in [-0.3, -0.25) is 19.6 Å². The standard InChI is InChI=1S/C52H32N6.C40H30N4/c53-33-41-31-39(35-11-3-1-4-12-35)21-25-45(41)57(49-15-7-9-29-55-49)47-27-19-37-18-24-44-48(28-20-38-17-23-43(47)51(37)52(38)44)58(50-16-8-10-30-56-50)46-26-22-40(32-42(46)34-54)36-13-5-2-6-14-36;1-27-13-23-37(41-25-27)43(31-9-5-3-6-10-31)35-21-17-29-16-20-34-36(22-18-30-15-19-33(35)39(29)40(30)34)44(32-11-7-4-8-12-32)38-24-14-28(2)26-42-38/h1-32H;3-26H,1-2H3. The van der Waals surface area contributed by atoms with Gasteiger partial charge in [0.15, 0.2) is 0 Å². The van der Waals surface area contributed by atoms with Crippen molar-refractivity contribution in [1.82, 2.24) is 19.9 Å². The van der Waals surface area contributed by atoms with E-state index < -0.39 is 0 Å². The lowest BCUT2D eigenvalue weighted by molar-refractivity contribution is 1.17. The monoisotopic (exact) mass is 1310 g/mol. The molecule has 18 aromatic rings. The first-order chi connectivity index (χ1) is 50.3. The lowest BCUT2D eigenvalue weighted by Crippen LogP contribution is -2.14. The zero-order valence-corrected chi connectivity index (χ0v) is 55.8. The number of benzene rings is 14. The number of aryl methyl sites for hydroxylation is 2. The van der Waals surface area contributed by atoms with Crippen LogP contribution >= 0.6 is 0 Å². The van der Waals surface area contributed by atoms with Crippen molar-refractivity contribution in [2.24, 2.45) is 0 Å². The highest BCUT2D eigenvalue weighted by molar-refractivity contribution is 6.29. The van der Waals surface area contributed by atoms with E-state index in [9.17, 15) is 10.5 Å². The van der Waals surface area contributed by atoms with Crippen LogP contribution in [0.15, 0.2) is 340 Å². The molecule has 0 amide bonds. The fourth-order valence-electron chi connectivity index (χ4n) is 14.4. The van der Waals surface area contributed by atoms with Crippen LogP contribution in [-0.4, -0.2) is 19.9 Å². The van der Waals surface area contributed by atoms with Gasteiger partial charge in [-0.15, -0.1) is 0 Å². The van der Waals surface area contributed by atoms with Gasteiger partial charge < -0.3 is 0 Å².